The van der Waals surface area contributed by atoms with Crippen LogP contribution in [-0.2, 0) is 14.8 Å². The van der Waals surface area contributed by atoms with E-state index in [4.69, 9.17) is 11.6 Å². The summed E-state index contributed by atoms with van der Waals surface area (Å²) in [6.07, 6.45) is -0.211. The molecule has 2 N–H and O–H groups in total. The van der Waals surface area contributed by atoms with Crippen LogP contribution in [0, 0.1) is 15.9 Å². The molecule has 1 amide bonds. The van der Waals surface area contributed by atoms with E-state index in [1.165, 1.54) is 12.1 Å². The van der Waals surface area contributed by atoms with Crippen LogP contribution in [0.4, 0.5) is 15.8 Å². The number of benzene rings is 2. The van der Waals surface area contributed by atoms with Crippen LogP contribution in [0.3, 0.4) is 0 Å². The average molecular weight is 402 g/mol. The van der Waals surface area contributed by atoms with Crippen molar-refractivity contribution < 1.29 is 22.5 Å². The van der Waals surface area contributed by atoms with Gasteiger partial charge in [0.25, 0.3) is 5.69 Å². The summed E-state index contributed by atoms with van der Waals surface area (Å²) in [6, 6.07) is 7.98. The van der Waals surface area contributed by atoms with E-state index < -0.39 is 26.7 Å². The molecule has 2 rings (SSSR count). The van der Waals surface area contributed by atoms with Crippen LogP contribution in [0.2, 0.25) is 5.02 Å². The highest BCUT2D eigenvalue weighted by Gasteiger charge is 2.16. The summed E-state index contributed by atoms with van der Waals surface area (Å²) in [6.45, 7) is -0.207. The van der Waals surface area contributed by atoms with Crippen molar-refractivity contribution in [3.63, 3.8) is 0 Å². The zero-order chi connectivity index (χ0) is 19.3. The zero-order valence-electron chi connectivity index (χ0n) is 13.1. The lowest BCUT2D eigenvalue weighted by atomic mass is 10.2. The number of nitrogens with zero attached hydrogens (tertiary/aromatic N) is 1. The van der Waals surface area contributed by atoms with Crippen LogP contribution in [0.15, 0.2) is 47.4 Å². The van der Waals surface area contributed by atoms with Gasteiger partial charge < -0.3 is 5.32 Å². The molecule has 0 saturated heterocycles. The maximum absolute atomic E-state index is 12.8. The van der Waals surface area contributed by atoms with Crippen molar-refractivity contribution in [3.05, 3.63) is 63.4 Å². The van der Waals surface area contributed by atoms with Crippen molar-refractivity contribution in [3.8, 4) is 0 Å². The number of carbonyl (C=O) groups excluding carboxylic acids is 1. The molecule has 0 radical (unpaired) electrons. The van der Waals surface area contributed by atoms with Gasteiger partial charge in [0.05, 0.1) is 9.82 Å². The molecular formula is C15H13ClFN3O5S. The highest BCUT2D eigenvalue weighted by molar-refractivity contribution is 7.89. The van der Waals surface area contributed by atoms with Crippen molar-refractivity contribution in [1.29, 1.82) is 0 Å². The minimum absolute atomic E-state index is 0.0694. The lowest BCUT2D eigenvalue weighted by molar-refractivity contribution is -0.384. The first-order valence-corrected chi connectivity index (χ1v) is 9.04. The first-order valence-electron chi connectivity index (χ1n) is 7.18. The SMILES string of the molecule is O=C(CCNS(=O)(=O)c1ccc(F)cc1)Nc1ccc(Cl)c([N+](=O)[O-])c1. The van der Waals surface area contributed by atoms with Crippen molar-refractivity contribution in [2.75, 3.05) is 11.9 Å². The Hall–Kier alpha value is -2.56. The maximum atomic E-state index is 12.8. The Bertz CT molecular complexity index is 935. The highest BCUT2D eigenvalue weighted by atomic mass is 35.5. The summed E-state index contributed by atoms with van der Waals surface area (Å²) in [7, 11) is -3.87. The van der Waals surface area contributed by atoms with E-state index in [1.54, 1.807) is 0 Å². The second-order valence-electron chi connectivity index (χ2n) is 5.07. The number of nitro groups is 1. The first kappa shape index (κ1) is 19.8. The molecule has 0 fully saturated rings. The number of anilines is 1. The Balaban J connectivity index is 1.92. The van der Waals surface area contributed by atoms with E-state index in [0.29, 0.717) is 0 Å². The molecule has 0 atom stereocenters. The molecule has 0 aromatic heterocycles. The smallest absolute Gasteiger partial charge is 0.289 e. The third-order valence-electron chi connectivity index (χ3n) is 3.19. The van der Waals surface area contributed by atoms with Gasteiger partial charge in [-0.3, -0.25) is 14.9 Å². The predicted molar refractivity (Wildman–Crippen MR) is 92.9 cm³/mol. The van der Waals surface area contributed by atoms with Gasteiger partial charge in [-0.25, -0.2) is 17.5 Å². The largest absolute Gasteiger partial charge is 0.326 e. The number of nitrogens with one attached hydrogen (secondary N) is 2. The summed E-state index contributed by atoms with van der Waals surface area (Å²) in [5, 5.41) is 13.1. The third kappa shape index (κ3) is 5.22. The van der Waals surface area contributed by atoms with E-state index in [-0.39, 0.29) is 34.3 Å². The van der Waals surface area contributed by atoms with Gasteiger partial charge in [-0.05, 0) is 36.4 Å². The van der Waals surface area contributed by atoms with E-state index in [0.717, 1.165) is 30.3 Å². The van der Waals surface area contributed by atoms with Crippen molar-refractivity contribution in [1.82, 2.24) is 4.72 Å². The quantitative estimate of drug-likeness (QED) is 0.546. The Labute approximate surface area is 153 Å². The Morgan fingerprint density at radius 3 is 2.46 bits per heavy atom. The lowest BCUT2D eigenvalue weighted by Crippen LogP contribution is -2.27. The predicted octanol–water partition coefficient (Wildman–Crippen LogP) is 2.69. The van der Waals surface area contributed by atoms with Gasteiger partial charge in [-0.1, -0.05) is 11.6 Å². The summed E-state index contributed by atoms with van der Waals surface area (Å²) < 4.78 is 39.0. The van der Waals surface area contributed by atoms with Crippen LogP contribution < -0.4 is 10.0 Å². The van der Waals surface area contributed by atoms with E-state index in [2.05, 4.69) is 10.0 Å². The number of hydrogen-bond acceptors (Lipinski definition) is 5. The van der Waals surface area contributed by atoms with Crippen molar-refractivity contribution in [2.24, 2.45) is 0 Å². The Kier molecular flexibility index (Phi) is 6.24. The fourth-order valence-electron chi connectivity index (χ4n) is 1.95. The van der Waals surface area contributed by atoms with Gasteiger partial charge in [-0.15, -0.1) is 0 Å². The standard InChI is InChI=1S/C15H13ClFN3O5S/c16-13-6-3-11(9-14(13)20(22)23)19-15(21)7-8-18-26(24,25)12-4-1-10(17)2-5-12/h1-6,9,18H,7-8H2,(H,19,21). The molecule has 2 aromatic rings. The summed E-state index contributed by atoms with van der Waals surface area (Å²) in [4.78, 5) is 21.8. The molecule has 0 heterocycles. The topological polar surface area (TPSA) is 118 Å². The highest BCUT2D eigenvalue weighted by Crippen LogP contribution is 2.27. The van der Waals surface area contributed by atoms with E-state index >= 15 is 0 Å². The molecule has 26 heavy (non-hydrogen) atoms. The first-order chi connectivity index (χ1) is 12.2. The van der Waals surface area contributed by atoms with Gasteiger partial charge in [-0.2, -0.15) is 0 Å². The fraction of sp³-hybridized carbons (Fsp3) is 0.133. The average Bonchev–Trinajstić information content (AvgIpc) is 2.56. The van der Waals surface area contributed by atoms with E-state index in [1.807, 2.05) is 0 Å². The second kappa shape index (κ2) is 8.21. The maximum Gasteiger partial charge on any atom is 0.289 e. The second-order valence-corrected chi connectivity index (χ2v) is 7.25. The number of hydrogen-bond donors (Lipinski definition) is 2. The molecule has 2 aromatic carbocycles. The van der Waals surface area contributed by atoms with Gasteiger partial charge in [0.2, 0.25) is 15.9 Å². The molecular weight excluding hydrogens is 389 g/mol. The zero-order valence-corrected chi connectivity index (χ0v) is 14.7. The van der Waals surface area contributed by atoms with Gasteiger partial charge in [0.15, 0.2) is 0 Å². The fourth-order valence-corrected chi connectivity index (χ4v) is 3.17. The molecule has 0 aliphatic carbocycles. The number of nitro benzene ring substituents is 1. The molecule has 0 aliphatic rings. The molecule has 11 heteroatoms. The van der Waals surface area contributed by atoms with Gasteiger partial charge >= 0.3 is 0 Å². The summed E-state index contributed by atoms with van der Waals surface area (Å²) in [5.41, 5.74) is -0.200. The summed E-state index contributed by atoms with van der Waals surface area (Å²) >= 11 is 5.67. The van der Waals surface area contributed by atoms with Crippen LogP contribution in [-0.4, -0.2) is 25.8 Å². The molecule has 8 nitrogen and oxygen atoms in total. The number of amides is 1. The van der Waals surface area contributed by atoms with E-state index in [9.17, 15) is 27.7 Å². The minimum atomic E-state index is -3.87. The van der Waals surface area contributed by atoms with Crippen molar-refractivity contribution in [2.45, 2.75) is 11.3 Å². The van der Waals surface area contributed by atoms with Crippen LogP contribution in [0.5, 0.6) is 0 Å². The lowest BCUT2D eigenvalue weighted by Gasteiger charge is -2.08. The van der Waals surface area contributed by atoms with Gasteiger partial charge in [0, 0.05) is 24.7 Å². The van der Waals surface area contributed by atoms with Crippen molar-refractivity contribution >= 4 is 38.9 Å². The molecule has 138 valence electrons. The molecule has 0 spiro atoms. The van der Waals surface area contributed by atoms with Crippen LogP contribution >= 0.6 is 11.6 Å². The molecule has 0 saturated carbocycles. The Morgan fingerprint density at radius 1 is 1.19 bits per heavy atom. The number of sulfonamides is 1. The Morgan fingerprint density at radius 2 is 1.85 bits per heavy atom. The normalized spacial score (nSPS) is 11.2. The van der Waals surface area contributed by atoms with Crippen LogP contribution in [0.25, 0.3) is 0 Å². The number of rotatable bonds is 7. The number of halogens is 2. The summed E-state index contributed by atoms with van der Waals surface area (Å²) in [5.74, 6) is -1.12. The molecule has 0 unspecified atom stereocenters. The molecule has 0 aliphatic heterocycles. The van der Waals surface area contributed by atoms with Gasteiger partial charge in [0.1, 0.15) is 10.8 Å². The minimum Gasteiger partial charge on any atom is -0.326 e. The van der Waals surface area contributed by atoms with Crippen LogP contribution in [0.1, 0.15) is 6.42 Å². The third-order valence-corrected chi connectivity index (χ3v) is 4.99. The monoisotopic (exact) mass is 401 g/mol. The molecule has 0 bridgehead atoms. The number of carbonyl (C=O) groups is 1.